The van der Waals surface area contributed by atoms with Gasteiger partial charge in [-0.25, -0.2) is 0 Å². The van der Waals surface area contributed by atoms with Crippen molar-refractivity contribution >= 4 is 0 Å². The summed E-state index contributed by atoms with van der Waals surface area (Å²) in [7, 11) is 0. The Morgan fingerprint density at radius 2 is 1.91 bits per heavy atom. The molecule has 1 spiro atoms. The fraction of sp³-hybridized carbons (Fsp3) is 0.926. The number of aliphatic hydroxyl groups excluding tert-OH is 3. The second kappa shape index (κ2) is 7.27. The highest BCUT2D eigenvalue weighted by molar-refractivity contribution is 5.28. The Kier molecular flexibility index (Phi) is 5.01. The van der Waals surface area contributed by atoms with Crippen molar-refractivity contribution in [1.82, 2.24) is 0 Å². The normalized spacial score (nSPS) is 59.2. The van der Waals surface area contributed by atoms with E-state index in [1.54, 1.807) is 0 Å². The molecule has 0 unspecified atom stereocenters. The van der Waals surface area contributed by atoms with Gasteiger partial charge in [0.05, 0.1) is 24.9 Å². The lowest BCUT2D eigenvalue weighted by Crippen LogP contribution is -2.56. The van der Waals surface area contributed by atoms with Crippen molar-refractivity contribution in [3.63, 3.8) is 0 Å². The average molecular weight is 447 g/mol. The summed E-state index contributed by atoms with van der Waals surface area (Å²) in [6.07, 6.45) is 9.50. The second-order valence-corrected chi connectivity index (χ2v) is 12.7. The van der Waals surface area contributed by atoms with E-state index in [-0.39, 0.29) is 29.5 Å². The lowest BCUT2D eigenvalue weighted by Gasteiger charge is -2.59. The summed E-state index contributed by atoms with van der Waals surface area (Å²) in [5.41, 5.74) is 1.39. The molecule has 180 valence electrons. The third kappa shape index (κ3) is 2.75. The van der Waals surface area contributed by atoms with Gasteiger partial charge in [-0.1, -0.05) is 32.4 Å². The molecule has 6 rings (SSSR count). The molecule has 12 atom stereocenters. The van der Waals surface area contributed by atoms with Gasteiger partial charge < -0.3 is 24.8 Å². The fourth-order valence-corrected chi connectivity index (χ4v) is 9.80. The lowest BCUT2D eigenvalue weighted by molar-refractivity contribution is -0.275. The molecule has 4 aliphatic carbocycles. The van der Waals surface area contributed by atoms with E-state index in [1.807, 2.05) is 0 Å². The first-order chi connectivity index (χ1) is 15.2. The van der Waals surface area contributed by atoms with Gasteiger partial charge in [-0.2, -0.15) is 0 Å². The number of allylic oxidation sites excluding steroid dienone is 1. The van der Waals surface area contributed by atoms with Crippen LogP contribution in [0.15, 0.2) is 11.6 Å². The van der Waals surface area contributed by atoms with Crippen LogP contribution in [0.5, 0.6) is 0 Å². The fourth-order valence-electron chi connectivity index (χ4n) is 9.80. The van der Waals surface area contributed by atoms with Gasteiger partial charge in [0.2, 0.25) is 0 Å². The number of aliphatic hydroxyl groups is 3. The molecular formula is C27H42O5. The quantitative estimate of drug-likeness (QED) is 0.536. The van der Waals surface area contributed by atoms with Gasteiger partial charge in [-0.3, -0.25) is 0 Å². The Morgan fingerprint density at radius 1 is 1.09 bits per heavy atom. The van der Waals surface area contributed by atoms with Crippen molar-refractivity contribution in [3.8, 4) is 0 Å². The molecule has 5 fully saturated rings. The maximum absolute atomic E-state index is 11.1. The van der Waals surface area contributed by atoms with Crippen molar-refractivity contribution in [1.29, 1.82) is 0 Å². The highest BCUT2D eigenvalue weighted by Crippen LogP contribution is 2.70. The highest BCUT2D eigenvalue weighted by atomic mass is 16.7. The largest absolute Gasteiger partial charge is 0.396 e. The van der Waals surface area contributed by atoms with Crippen LogP contribution in [0, 0.1) is 46.3 Å². The summed E-state index contributed by atoms with van der Waals surface area (Å²) < 4.78 is 13.2. The molecule has 2 aliphatic heterocycles. The predicted molar refractivity (Wildman–Crippen MR) is 121 cm³/mol. The third-order valence-corrected chi connectivity index (χ3v) is 11.6. The van der Waals surface area contributed by atoms with Gasteiger partial charge in [0.15, 0.2) is 5.79 Å². The second-order valence-electron chi connectivity index (χ2n) is 12.7. The molecule has 0 bridgehead atoms. The maximum Gasteiger partial charge on any atom is 0.171 e. The minimum absolute atomic E-state index is 0.180. The molecule has 32 heavy (non-hydrogen) atoms. The van der Waals surface area contributed by atoms with Crippen LogP contribution in [-0.4, -0.2) is 52.6 Å². The minimum atomic E-state index is -0.451. The monoisotopic (exact) mass is 446 g/mol. The van der Waals surface area contributed by atoms with Gasteiger partial charge in [-0.15, -0.1) is 0 Å². The van der Waals surface area contributed by atoms with Crippen LogP contribution in [0.3, 0.4) is 0 Å². The van der Waals surface area contributed by atoms with Crippen LogP contribution in [-0.2, 0) is 9.47 Å². The van der Waals surface area contributed by atoms with E-state index >= 15 is 0 Å². The Labute approximate surface area is 192 Å². The molecule has 2 saturated heterocycles. The zero-order valence-corrected chi connectivity index (χ0v) is 20.0. The van der Waals surface area contributed by atoms with Crippen molar-refractivity contribution in [3.05, 3.63) is 11.6 Å². The third-order valence-electron chi connectivity index (χ3n) is 11.6. The van der Waals surface area contributed by atoms with Crippen LogP contribution < -0.4 is 0 Å². The molecule has 2 heterocycles. The van der Waals surface area contributed by atoms with Gasteiger partial charge in [0, 0.05) is 36.7 Å². The molecule has 6 aliphatic rings. The molecule has 0 amide bonds. The summed E-state index contributed by atoms with van der Waals surface area (Å²) in [5, 5.41) is 30.9. The number of fused-ring (bicyclic) bond motifs is 7. The van der Waals surface area contributed by atoms with Crippen LogP contribution in [0.25, 0.3) is 0 Å². The molecule has 3 N–H and O–H groups in total. The number of ether oxygens (including phenoxy) is 2. The summed E-state index contributed by atoms with van der Waals surface area (Å²) >= 11 is 0. The predicted octanol–water partition coefficient (Wildman–Crippen LogP) is 3.66. The molecule has 0 aromatic carbocycles. The van der Waals surface area contributed by atoms with Gasteiger partial charge in [0.25, 0.3) is 0 Å². The van der Waals surface area contributed by atoms with E-state index in [1.165, 1.54) is 12.0 Å². The van der Waals surface area contributed by atoms with Gasteiger partial charge in [-0.05, 0) is 67.6 Å². The molecule has 3 saturated carbocycles. The van der Waals surface area contributed by atoms with E-state index in [2.05, 4.69) is 26.8 Å². The Hall–Kier alpha value is -0.460. The zero-order chi connectivity index (χ0) is 22.5. The summed E-state index contributed by atoms with van der Waals surface area (Å²) in [6.45, 7) is 7.99. The van der Waals surface area contributed by atoms with E-state index in [0.29, 0.717) is 42.6 Å². The maximum atomic E-state index is 11.1. The van der Waals surface area contributed by atoms with E-state index in [0.717, 1.165) is 38.5 Å². The zero-order valence-electron chi connectivity index (χ0n) is 20.0. The molecule has 5 nitrogen and oxygen atoms in total. The van der Waals surface area contributed by atoms with E-state index < -0.39 is 18.0 Å². The van der Waals surface area contributed by atoms with Crippen LogP contribution in [0.1, 0.15) is 72.1 Å². The molecule has 0 aromatic heterocycles. The van der Waals surface area contributed by atoms with Crippen molar-refractivity contribution in [2.45, 2.75) is 96.2 Å². The van der Waals surface area contributed by atoms with Crippen LogP contribution in [0.2, 0.25) is 0 Å². The molecule has 5 heteroatoms. The first-order valence-corrected chi connectivity index (χ1v) is 13.2. The van der Waals surface area contributed by atoms with Crippen molar-refractivity contribution < 1.29 is 24.8 Å². The smallest absolute Gasteiger partial charge is 0.171 e. The average Bonchev–Trinajstić information content (AvgIpc) is 3.20. The first-order valence-electron chi connectivity index (χ1n) is 13.2. The summed E-state index contributed by atoms with van der Waals surface area (Å²) in [4.78, 5) is 0. The standard InChI is InChI=1S/C27H42O5/c1-15-24-22(32-27(15)9-6-16(13-28)14-31-27)12-21-19-5-4-17-10-18(29)11-23(30)26(17,3)20(19)7-8-25(21,24)2/h4,15-16,18-24,28-30H,5-14H2,1-3H3/t15-,16-,18+,19+,20-,21-,22-,23+,24-,25-,26-,27+/m0/s1. The SMILES string of the molecule is C[C@H]1[C@H]2[C@H](C[C@H]3[C@@H]4CC=C5C[C@@H](O)C[C@@H](O)[C@]5(C)[C@H]4CC[C@]23C)O[C@]12CC[C@@H](CO)CO2. The first kappa shape index (κ1) is 22.0. The molecule has 0 aromatic rings. The van der Waals surface area contributed by atoms with Crippen LogP contribution >= 0.6 is 0 Å². The highest BCUT2D eigenvalue weighted by Gasteiger charge is 2.69. The summed E-state index contributed by atoms with van der Waals surface area (Å²) in [6, 6.07) is 0. The number of rotatable bonds is 1. The number of hydrogen-bond acceptors (Lipinski definition) is 5. The van der Waals surface area contributed by atoms with Crippen molar-refractivity contribution in [2.75, 3.05) is 13.2 Å². The Morgan fingerprint density at radius 3 is 2.62 bits per heavy atom. The van der Waals surface area contributed by atoms with Crippen molar-refractivity contribution in [2.24, 2.45) is 46.3 Å². The van der Waals surface area contributed by atoms with Gasteiger partial charge >= 0.3 is 0 Å². The molecule has 0 radical (unpaired) electrons. The van der Waals surface area contributed by atoms with Crippen LogP contribution in [0.4, 0.5) is 0 Å². The van der Waals surface area contributed by atoms with E-state index in [4.69, 9.17) is 9.47 Å². The van der Waals surface area contributed by atoms with Gasteiger partial charge in [0.1, 0.15) is 0 Å². The minimum Gasteiger partial charge on any atom is -0.396 e. The van der Waals surface area contributed by atoms with E-state index in [9.17, 15) is 15.3 Å². The molecular weight excluding hydrogens is 404 g/mol. The lowest BCUT2D eigenvalue weighted by atomic mass is 9.46. The number of hydrogen-bond donors (Lipinski definition) is 3. The topological polar surface area (TPSA) is 79.2 Å². The Bertz CT molecular complexity index is 787. The Balaban J connectivity index is 1.27. The summed E-state index contributed by atoms with van der Waals surface area (Å²) in [5.74, 6) is 2.42.